The highest BCUT2D eigenvalue weighted by Gasteiger charge is 2.10. The normalized spacial score (nSPS) is 10.7. The van der Waals surface area contributed by atoms with Gasteiger partial charge in [-0.05, 0) is 36.5 Å². The van der Waals surface area contributed by atoms with E-state index in [1.54, 1.807) is 12.3 Å². The lowest BCUT2D eigenvalue weighted by atomic mass is 10.0. The molecule has 1 heterocycles. The monoisotopic (exact) mass is 298 g/mol. The highest BCUT2D eigenvalue weighted by molar-refractivity contribution is 5.99. The summed E-state index contributed by atoms with van der Waals surface area (Å²) in [6, 6.07) is 10.0. The SMILES string of the molecule is CC(=O)c1c[nH]c(C(=O)NCCc2ccc(C(C)C)cc2)c1. The van der Waals surface area contributed by atoms with Crippen LogP contribution < -0.4 is 5.32 Å². The number of carbonyl (C=O) groups excluding carboxylic acids is 2. The maximum absolute atomic E-state index is 12.0. The molecule has 0 saturated carbocycles. The van der Waals surface area contributed by atoms with Crippen molar-refractivity contribution in [2.45, 2.75) is 33.1 Å². The van der Waals surface area contributed by atoms with Crippen molar-refractivity contribution < 1.29 is 9.59 Å². The standard InChI is InChI=1S/C18H22N2O2/c1-12(2)15-6-4-14(5-7-15)8-9-19-18(22)17-10-16(11-20-17)13(3)21/h4-7,10-12,20H,8-9H2,1-3H3,(H,19,22). The molecule has 116 valence electrons. The summed E-state index contributed by atoms with van der Waals surface area (Å²) in [5, 5.41) is 2.86. The lowest BCUT2D eigenvalue weighted by molar-refractivity contribution is 0.0949. The second-order valence-corrected chi connectivity index (χ2v) is 5.76. The van der Waals surface area contributed by atoms with Gasteiger partial charge in [0.25, 0.3) is 5.91 Å². The van der Waals surface area contributed by atoms with Gasteiger partial charge in [0.05, 0.1) is 0 Å². The van der Waals surface area contributed by atoms with Gasteiger partial charge >= 0.3 is 0 Å². The van der Waals surface area contributed by atoms with Crippen LogP contribution in [0.4, 0.5) is 0 Å². The van der Waals surface area contributed by atoms with E-state index in [4.69, 9.17) is 0 Å². The van der Waals surface area contributed by atoms with Crippen LogP contribution in [0, 0.1) is 0 Å². The summed E-state index contributed by atoms with van der Waals surface area (Å²) >= 11 is 0. The van der Waals surface area contributed by atoms with Gasteiger partial charge in [-0.2, -0.15) is 0 Å². The van der Waals surface area contributed by atoms with Crippen LogP contribution in [-0.4, -0.2) is 23.2 Å². The highest BCUT2D eigenvalue weighted by atomic mass is 16.2. The van der Waals surface area contributed by atoms with Crippen LogP contribution in [0.3, 0.4) is 0 Å². The lowest BCUT2D eigenvalue weighted by Gasteiger charge is -2.07. The molecule has 1 aromatic heterocycles. The Bertz CT molecular complexity index is 654. The van der Waals surface area contributed by atoms with Gasteiger partial charge in [0.2, 0.25) is 0 Å². The molecule has 0 saturated heterocycles. The molecule has 2 aromatic rings. The van der Waals surface area contributed by atoms with E-state index >= 15 is 0 Å². The van der Waals surface area contributed by atoms with Crippen molar-refractivity contribution in [3.8, 4) is 0 Å². The molecular weight excluding hydrogens is 276 g/mol. The van der Waals surface area contributed by atoms with Gasteiger partial charge in [-0.25, -0.2) is 0 Å². The fraction of sp³-hybridized carbons (Fsp3) is 0.333. The minimum atomic E-state index is -0.189. The van der Waals surface area contributed by atoms with E-state index in [1.807, 2.05) is 0 Å². The molecule has 0 spiro atoms. The molecule has 22 heavy (non-hydrogen) atoms. The van der Waals surface area contributed by atoms with Crippen LogP contribution in [0.25, 0.3) is 0 Å². The van der Waals surface area contributed by atoms with Crippen molar-refractivity contribution >= 4 is 11.7 Å². The summed E-state index contributed by atoms with van der Waals surface area (Å²) in [7, 11) is 0. The molecule has 0 aliphatic carbocycles. The number of carbonyl (C=O) groups is 2. The molecule has 0 fully saturated rings. The van der Waals surface area contributed by atoms with E-state index in [1.165, 1.54) is 18.1 Å². The zero-order valence-corrected chi connectivity index (χ0v) is 13.3. The van der Waals surface area contributed by atoms with Crippen molar-refractivity contribution in [1.82, 2.24) is 10.3 Å². The average Bonchev–Trinajstić information content (AvgIpc) is 2.98. The lowest BCUT2D eigenvalue weighted by Crippen LogP contribution is -2.25. The van der Waals surface area contributed by atoms with E-state index in [0.29, 0.717) is 23.7 Å². The maximum atomic E-state index is 12.0. The van der Waals surface area contributed by atoms with Gasteiger partial charge in [0.1, 0.15) is 5.69 Å². The van der Waals surface area contributed by atoms with E-state index in [2.05, 4.69) is 48.4 Å². The van der Waals surface area contributed by atoms with E-state index in [9.17, 15) is 9.59 Å². The third-order valence-corrected chi connectivity index (χ3v) is 3.68. The van der Waals surface area contributed by atoms with Crippen molar-refractivity contribution in [3.63, 3.8) is 0 Å². The summed E-state index contributed by atoms with van der Waals surface area (Å²) in [5.41, 5.74) is 3.45. The summed E-state index contributed by atoms with van der Waals surface area (Å²) < 4.78 is 0. The summed E-state index contributed by atoms with van der Waals surface area (Å²) in [6.45, 7) is 6.38. The number of amides is 1. The van der Waals surface area contributed by atoms with Crippen molar-refractivity contribution in [2.75, 3.05) is 6.54 Å². The highest BCUT2D eigenvalue weighted by Crippen LogP contribution is 2.14. The van der Waals surface area contributed by atoms with Gasteiger partial charge in [0.15, 0.2) is 5.78 Å². The molecule has 2 N–H and O–H groups in total. The Balaban J connectivity index is 1.84. The Morgan fingerprint density at radius 2 is 1.86 bits per heavy atom. The molecule has 0 unspecified atom stereocenters. The Morgan fingerprint density at radius 1 is 1.18 bits per heavy atom. The van der Waals surface area contributed by atoms with E-state index in [0.717, 1.165) is 6.42 Å². The molecule has 0 atom stereocenters. The molecular formula is C18H22N2O2. The molecule has 0 aliphatic rings. The number of ketones is 1. The van der Waals surface area contributed by atoms with Gasteiger partial charge in [-0.3, -0.25) is 9.59 Å². The summed E-state index contributed by atoms with van der Waals surface area (Å²) in [4.78, 5) is 26.0. The zero-order chi connectivity index (χ0) is 16.1. The van der Waals surface area contributed by atoms with Crippen molar-refractivity contribution in [2.24, 2.45) is 0 Å². The Kier molecular flexibility index (Phi) is 5.15. The van der Waals surface area contributed by atoms with Crippen LogP contribution in [0.1, 0.15) is 58.7 Å². The van der Waals surface area contributed by atoms with Crippen LogP contribution >= 0.6 is 0 Å². The minimum absolute atomic E-state index is 0.0551. The number of aromatic nitrogens is 1. The smallest absolute Gasteiger partial charge is 0.267 e. The number of hydrogen-bond donors (Lipinski definition) is 2. The van der Waals surface area contributed by atoms with Gasteiger partial charge in [-0.1, -0.05) is 38.1 Å². The molecule has 1 aromatic carbocycles. The largest absolute Gasteiger partial charge is 0.356 e. The number of benzene rings is 1. The third-order valence-electron chi connectivity index (χ3n) is 3.68. The molecule has 0 bridgehead atoms. The first-order valence-corrected chi connectivity index (χ1v) is 7.53. The van der Waals surface area contributed by atoms with Gasteiger partial charge < -0.3 is 10.3 Å². The summed E-state index contributed by atoms with van der Waals surface area (Å²) in [6.07, 6.45) is 2.34. The molecule has 0 radical (unpaired) electrons. The number of H-pyrrole nitrogens is 1. The second kappa shape index (κ2) is 7.07. The van der Waals surface area contributed by atoms with Crippen LogP contribution in [0.15, 0.2) is 36.5 Å². The maximum Gasteiger partial charge on any atom is 0.267 e. The number of rotatable bonds is 6. The number of nitrogens with one attached hydrogen (secondary N) is 2. The van der Waals surface area contributed by atoms with E-state index in [-0.39, 0.29) is 11.7 Å². The Labute approximate surface area is 130 Å². The predicted molar refractivity (Wildman–Crippen MR) is 87.4 cm³/mol. The van der Waals surface area contributed by atoms with E-state index < -0.39 is 0 Å². The van der Waals surface area contributed by atoms with Crippen molar-refractivity contribution in [3.05, 3.63) is 58.9 Å². The molecule has 4 nitrogen and oxygen atoms in total. The average molecular weight is 298 g/mol. The Morgan fingerprint density at radius 3 is 2.41 bits per heavy atom. The fourth-order valence-corrected chi connectivity index (χ4v) is 2.21. The molecule has 1 amide bonds. The van der Waals surface area contributed by atoms with Gasteiger partial charge in [-0.15, -0.1) is 0 Å². The Hall–Kier alpha value is -2.36. The number of hydrogen-bond acceptors (Lipinski definition) is 2. The predicted octanol–water partition coefficient (Wildman–Crippen LogP) is 3.31. The molecule has 2 rings (SSSR count). The minimum Gasteiger partial charge on any atom is -0.356 e. The first-order chi connectivity index (χ1) is 10.5. The first kappa shape index (κ1) is 16.0. The first-order valence-electron chi connectivity index (χ1n) is 7.53. The summed E-state index contributed by atoms with van der Waals surface area (Å²) in [5.74, 6) is 0.281. The van der Waals surface area contributed by atoms with Crippen LogP contribution in [-0.2, 0) is 6.42 Å². The number of Topliss-reactive ketones (excluding diaryl/α,β-unsaturated/α-hetero) is 1. The van der Waals surface area contributed by atoms with Crippen LogP contribution in [0.5, 0.6) is 0 Å². The van der Waals surface area contributed by atoms with Crippen molar-refractivity contribution in [1.29, 1.82) is 0 Å². The van der Waals surface area contributed by atoms with Gasteiger partial charge in [0, 0.05) is 18.3 Å². The molecule has 0 aliphatic heterocycles. The second-order valence-electron chi connectivity index (χ2n) is 5.76. The topological polar surface area (TPSA) is 62.0 Å². The quantitative estimate of drug-likeness (QED) is 0.804. The van der Waals surface area contributed by atoms with Crippen LogP contribution in [0.2, 0.25) is 0 Å². The number of aromatic amines is 1. The molecule has 4 heteroatoms. The fourth-order valence-electron chi connectivity index (χ4n) is 2.21. The third kappa shape index (κ3) is 4.07. The zero-order valence-electron chi connectivity index (χ0n) is 13.3.